The number of hydrogen-bond acceptors (Lipinski definition) is 2. The molecule has 4 nitrogen and oxygen atoms in total. The Balaban J connectivity index is 1.68. The first-order chi connectivity index (χ1) is 7.74. The molecule has 0 aromatic heterocycles. The zero-order chi connectivity index (χ0) is 11.4. The predicted molar refractivity (Wildman–Crippen MR) is 63.1 cm³/mol. The van der Waals surface area contributed by atoms with Crippen molar-refractivity contribution in [3.05, 3.63) is 35.9 Å². The lowest BCUT2D eigenvalue weighted by Crippen LogP contribution is -2.59. The molecule has 0 radical (unpaired) electrons. The van der Waals surface area contributed by atoms with Crippen LogP contribution in [0.25, 0.3) is 0 Å². The van der Waals surface area contributed by atoms with Crippen molar-refractivity contribution in [2.75, 3.05) is 20.1 Å². The number of likely N-dealkylation sites (tertiary alicyclic amines) is 1. The van der Waals surface area contributed by atoms with E-state index >= 15 is 0 Å². The highest BCUT2D eigenvalue weighted by atomic mass is 16.2. The summed E-state index contributed by atoms with van der Waals surface area (Å²) >= 11 is 0. The summed E-state index contributed by atoms with van der Waals surface area (Å²) in [6.45, 7) is 2.47. The number of nitrogens with zero attached hydrogens (tertiary/aromatic N) is 1. The lowest BCUT2D eigenvalue weighted by atomic mass is 10.1. The van der Waals surface area contributed by atoms with Gasteiger partial charge in [-0.3, -0.25) is 0 Å². The number of urea groups is 1. The van der Waals surface area contributed by atoms with Crippen LogP contribution in [0.5, 0.6) is 0 Å². The highest BCUT2D eigenvalue weighted by Crippen LogP contribution is 2.03. The largest absolute Gasteiger partial charge is 0.334 e. The molecular weight excluding hydrogens is 202 g/mol. The molecule has 0 saturated carbocycles. The van der Waals surface area contributed by atoms with Crippen LogP contribution in [0.2, 0.25) is 0 Å². The van der Waals surface area contributed by atoms with E-state index in [4.69, 9.17) is 0 Å². The SMILES string of the molecule is CN1CC(NC(=O)NCc2ccccc2)C1. The lowest BCUT2D eigenvalue weighted by molar-refractivity contribution is 0.161. The van der Waals surface area contributed by atoms with Gasteiger partial charge in [-0.15, -0.1) is 0 Å². The Morgan fingerprint density at radius 1 is 1.38 bits per heavy atom. The number of likely N-dealkylation sites (N-methyl/N-ethyl adjacent to an activating group) is 1. The van der Waals surface area contributed by atoms with Gasteiger partial charge in [0.15, 0.2) is 0 Å². The molecule has 1 aromatic carbocycles. The first-order valence-corrected chi connectivity index (χ1v) is 5.51. The molecule has 0 bridgehead atoms. The van der Waals surface area contributed by atoms with E-state index in [2.05, 4.69) is 15.5 Å². The fraction of sp³-hybridized carbons (Fsp3) is 0.417. The van der Waals surface area contributed by atoms with Gasteiger partial charge in [-0.25, -0.2) is 4.79 Å². The fourth-order valence-corrected chi connectivity index (χ4v) is 1.80. The van der Waals surface area contributed by atoms with Gasteiger partial charge in [0.25, 0.3) is 0 Å². The van der Waals surface area contributed by atoms with Crippen molar-refractivity contribution in [3.8, 4) is 0 Å². The molecule has 4 heteroatoms. The van der Waals surface area contributed by atoms with Crippen molar-refractivity contribution in [1.82, 2.24) is 15.5 Å². The van der Waals surface area contributed by atoms with E-state index in [0.29, 0.717) is 12.6 Å². The van der Waals surface area contributed by atoms with Gasteiger partial charge in [-0.05, 0) is 12.6 Å². The maximum atomic E-state index is 11.5. The average Bonchev–Trinajstić information content (AvgIpc) is 2.26. The minimum Gasteiger partial charge on any atom is -0.334 e. The second kappa shape index (κ2) is 4.99. The van der Waals surface area contributed by atoms with Gasteiger partial charge < -0.3 is 15.5 Å². The normalized spacial score (nSPS) is 16.6. The Kier molecular flexibility index (Phi) is 3.41. The molecule has 2 rings (SSSR count). The molecule has 0 atom stereocenters. The van der Waals surface area contributed by atoms with Gasteiger partial charge in [-0.2, -0.15) is 0 Å². The minimum absolute atomic E-state index is 0.0815. The zero-order valence-electron chi connectivity index (χ0n) is 9.44. The summed E-state index contributed by atoms with van der Waals surface area (Å²) in [4.78, 5) is 13.7. The molecule has 86 valence electrons. The molecule has 1 aliphatic rings. The topological polar surface area (TPSA) is 44.4 Å². The monoisotopic (exact) mass is 219 g/mol. The van der Waals surface area contributed by atoms with Crippen LogP contribution >= 0.6 is 0 Å². The standard InChI is InChI=1S/C12H17N3O/c1-15-8-11(9-15)14-12(16)13-7-10-5-3-2-4-6-10/h2-6,11H,7-9H2,1H3,(H2,13,14,16). The second-order valence-corrected chi connectivity index (χ2v) is 4.23. The van der Waals surface area contributed by atoms with Gasteiger partial charge in [0, 0.05) is 19.6 Å². The van der Waals surface area contributed by atoms with Gasteiger partial charge in [0.2, 0.25) is 0 Å². The van der Waals surface area contributed by atoms with E-state index < -0.39 is 0 Å². The number of benzene rings is 1. The molecule has 1 heterocycles. The summed E-state index contributed by atoms with van der Waals surface area (Å²) in [6.07, 6.45) is 0. The molecule has 1 aromatic rings. The average molecular weight is 219 g/mol. The third-order valence-corrected chi connectivity index (χ3v) is 2.70. The molecule has 0 aliphatic carbocycles. The second-order valence-electron chi connectivity index (χ2n) is 4.23. The molecule has 0 unspecified atom stereocenters. The maximum Gasteiger partial charge on any atom is 0.315 e. The maximum absolute atomic E-state index is 11.5. The van der Waals surface area contributed by atoms with E-state index in [9.17, 15) is 4.79 Å². The van der Waals surface area contributed by atoms with E-state index in [0.717, 1.165) is 18.7 Å². The van der Waals surface area contributed by atoms with Crippen molar-refractivity contribution in [1.29, 1.82) is 0 Å². The number of carbonyl (C=O) groups excluding carboxylic acids is 1. The van der Waals surface area contributed by atoms with Crippen LogP contribution in [0, 0.1) is 0 Å². The third kappa shape index (κ3) is 2.97. The van der Waals surface area contributed by atoms with E-state index in [1.54, 1.807) is 0 Å². The number of amides is 2. The Hall–Kier alpha value is -1.55. The molecule has 1 aliphatic heterocycles. The lowest BCUT2D eigenvalue weighted by Gasteiger charge is -2.36. The molecule has 1 fully saturated rings. The molecule has 16 heavy (non-hydrogen) atoms. The molecular formula is C12H17N3O. The summed E-state index contributed by atoms with van der Waals surface area (Å²) in [7, 11) is 2.04. The Morgan fingerprint density at radius 3 is 2.69 bits per heavy atom. The molecule has 2 amide bonds. The predicted octanol–water partition coefficient (Wildman–Crippen LogP) is 0.800. The van der Waals surface area contributed by atoms with Gasteiger partial charge in [-0.1, -0.05) is 30.3 Å². The van der Waals surface area contributed by atoms with Crippen LogP contribution in [0.1, 0.15) is 5.56 Å². The van der Waals surface area contributed by atoms with E-state index in [1.807, 2.05) is 37.4 Å². The first kappa shape index (κ1) is 11.0. The van der Waals surface area contributed by atoms with Crippen LogP contribution in [0.15, 0.2) is 30.3 Å². The molecule has 0 spiro atoms. The third-order valence-electron chi connectivity index (χ3n) is 2.70. The first-order valence-electron chi connectivity index (χ1n) is 5.51. The van der Waals surface area contributed by atoms with E-state index in [-0.39, 0.29) is 6.03 Å². The van der Waals surface area contributed by atoms with Crippen molar-refractivity contribution in [3.63, 3.8) is 0 Å². The van der Waals surface area contributed by atoms with Gasteiger partial charge >= 0.3 is 6.03 Å². The van der Waals surface area contributed by atoms with Crippen LogP contribution in [-0.2, 0) is 6.54 Å². The van der Waals surface area contributed by atoms with Crippen molar-refractivity contribution in [2.45, 2.75) is 12.6 Å². The highest BCUT2D eigenvalue weighted by molar-refractivity contribution is 5.74. The van der Waals surface area contributed by atoms with Crippen molar-refractivity contribution in [2.24, 2.45) is 0 Å². The van der Waals surface area contributed by atoms with Gasteiger partial charge in [0.1, 0.15) is 0 Å². The van der Waals surface area contributed by atoms with Crippen LogP contribution in [0.4, 0.5) is 4.79 Å². The van der Waals surface area contributed by atoms with E-state index in [1.165, 1.54) is 0 Å². The van der Waals surface area contributed by atoms with Gasteiger partial charge in [0.05, 0.1) is 6.04 Å². The quantitative estimate of drug-likeness (QED) is 0.789. The molecule has 2 N–H and O–H groups in total. The van der Waals surface area contributed by atoms with Crippen LogP contribution < -0.4 is 10.6 Å². The number of hydrogen-bond donors (Lipinski definition) is 2. The van der Waals surface area contributed by atoms with Crippen LogP contribution in [-0.4, -0.2) is 37.1 Å². The zero-order valence-corrected chi connectivity index (χ0v) is 9.44. The summed E-state index contributed by atoms with van der Waals surface area (Å²) in [5.74, 6) is 0. The number of rotatable bonds is 3. The summed E-state index contributed by atoms with van der Waals surface area (Å²) in [5, 5.41) is 5.77. The Bertz CT molecular complexity index is 347. The number of carbonyl (C=O) groups is 1. The fourth-order valence-electron chi connectivity index (χ4n) is 1.80. The summed E-state index contributed by atoms with van der Waals surface area (Å²) in [5.41, 5.74) is 1.11. The Labute approximate surface area is 95.6 Å². The molecule has 1 saturated heterocycles. The highest BCUT2D eigenvalue weighted by Gasteiger charge is 2.24. The summed E-state index contributed by atoms with van der Waals surface area (Å²) in [6, 6.07) is 10.1. The van der Waals surface area contributed by atoms with Crippen molar-refractivity contribution < 1.29 is 4.79 Å². The Morgan fingerprint density at radius 2 is 2.06 bits per heavy atom. The minimum atomic E-state index is -0.0815. The van der Waals surface area contributed by atoms with Crippen LogP contribution in [0.3, 0.4) is 0 Å². The van der Waals surface area contributed by atoms with Crippen molar-refractivity contribution >= 4 is 6.03 Å². The summed E-state index contributed by atoms with van der Waals surface area (Å²) < 4.78 is 0. The number of nitrogens with one attached hydrogen (secondary N) is 2. The smallest absolute Gasteiger partial charge is 0.315 e.